The molecule has 0 amide bonds. The molecule has 6 heavy (non-hydrogen) atoms. The molecule has 38 valence electrons. The molecule has 2 N–H and O–H groups in total. The average Bonchev–Trinajstić information content (AvgIpc) is 1.35. The van der Waals surface area contributed by atoms with Crippen molar-refractivity contribution >= 4 is 27.2 Å². The molecule has 0 aromatic rings. The molecule has 0 aliphatic carbocycles. The van der Waals surface area contributed by atoms with Gasteiger partial charge in [-0.3, -0.25) is 0 Å². The van der Waals surface area contributed by atoms with Crippen LogP contribution in [0.25, 0.3) is 0 Å². The zero-order chi connectivity index (χ0) is 5.21. The summed E-state index contributed by atoms with van der Waals surface area (Å²) < 4.78 is 15.4. The van der Waals surface area contributed by atoms with Gasteiger partial charge in [0.1, 0.15) is 0 Å². The van der Waals surface area contributed by atoms with Crippen LogP contribution in [0.5, 0.6) is 0 Å². The zero-order valence-corrected chi connectivity index (χ0v) is 6.62. The third-order valence-electron chi connectivity index (χ3n) is 0.391. The Balaban J connectivity index is 3.85. The standard InChI is InChI=1S/C2H7NOSTe/c1-2-5(3,4)6/h2H2,1H3,(H2,3,4,6). The molecule has 0 rings (SSSR count). The van der Waals surface area contributed by atoms with Crippen LogP contribution in [-0.2, 0) is 6.81 Å². The van der Waals surface area contributed by atoms with Gasteiger partial charge in [0.05, 0.1) is 0 Å². The third kappa shape index (κ3) is 4.90. The van der Waals surface area contributed by atoms with Crippen molar-refractivity contribution in [2.24, 2.45) is 0 Å². The maximum absolute atomic E-state index is 8.58. The quantitative estimate of drug-likeness (QED) is 0.621. The van der Waals surface area contributed by atoms with Crippen molar-refractivity contribution in [3.8, 4) is 0 Å². The van der Waals surface area contributed by atoms with Gasteiger partial charge in [0, 0.05) is 0 Å². The molecular weight excluding hydrogens is 214 g/mol. The molecule has 0 fully saturated rings. The first-order valence-electron chi connectivity index (χ1n) is 1.55. The van der Waals surface area contributed by atoms with E-state index in [9.17, 15) is 0 Å². The van der Waals surface area contributed by atoms with Crippen LogP contribution in [0.1, 0.15) is 6.92 Å². The molecule has 0 aromatic carbocycles. The first-order valence-corrected chi connectivity index (χ1v) is 6.09. The molecule has 1 atom stereocenters. The minimum atomic E-state index is -1.90. The molecular formula is C2H7NOSTe. The van der Waals surface area contributed by atoms with Crippen LogP contribution < -0.4 is 0 Å². The zero-order valence-electron chi connectivity index (χ0n) is 3.47. The number of hydrogen-bond donors (Lipinski definition) is 2. The molecule has 0 heterocycles. The van der Waals surface area contributed by atoms with Crippen molar-refractivity contribution in [3.63, 3.8) is 0 Å². The Bertz CT molecular complexity index is 116. The Labute approximate surface area is 49.3 Å². The molecule has 2 nitrogen and oxygen atoms in total. The van der Waals surface area contributed by atoms with Crippen molar-refractivity contribution in [2.75, 3.05) is 5.75 Å². The number of hydrogen-bond acceptors (Lipinski definition) is 1. The van der Waals surface area contributed by atoms with E-state index in [1.165, 1.54) is 20.4 Å². The topological polar surface area (TPSA) is 44.1 Å². The third-order valence-corrected chi connectivity index (χ3v) is 3.19. The summed E-state index contributed by atoms with van der Waals surface area (Å²) in [4.78, 5) is 0. The fraction of sp³-hybridized carbons (Fsp3) is 1.00. The fourth-order valence-corrected chi connectivity index (χ4v) is 0. The van der Waals surface area contributed by atoms with Gasteiger partial charge < -0.3 is 0 Å². The normalized spacial score (nSPS) is 19.7. The Morgan fingerprint density at radius 2 is 2.17 bits per heavy atom. The molecule has 4 heteroatoms. The Hall–Kier alpha value is 0.900. The molecule has 0 saturated heterocycles. The SMILES string of the molecule is CCS(=N)(O)=[Te]. The van der Waals surface area contributed by atoms with Gasteiger partial charge >= 0.3 is 49.2 Å². The van der Waals surface area contributed by atoms with Gasteiger partial charge in [-0.25, -0.2) is 0 Å². The number of nitrogens with one attached hydrogen (secondary N) is 1. The summed E-state index contributed by atoms with van der Waals surface area (Å²) in [5, 5.41) is 0. The van der Waals surface area contributed by atoms with Crippen LogP contribution >= 0.6 is 0 Å². The van der Waals surface area contributed by atoms with E-state index in [0.29, 0.717) is 5.75 Å². The summed E-state index contributed by atoms with van der Waals surface area (Å²) in [6.07, 6.45) is 0. The van der Waals surface area contributed by atoms with E-state index in [-0.39, 0.29) is 0 Å². The van der Waals surface area contributed by atoms with Crippen molar-refractivity contribution in [1.29, 1.82) is 4.78 Å². The average molecular weight is 221 g/mol. The summed E-state index contributed by atoms with van der Waals surface area (Å²) in [6, 6.07) is 0. The second kappa shape index (κ2) is 2.27. The van der Waals surface area contributed by atoms with Crippen molar-refractivity contribution in [2.45, 2.75) is 6.92 Å². The van der Waals surface area contributed by atoms with Crippen LogP contribution in [0.4, 0.5) is 0 Å². The first-order chi connectivity index (χ1) is 2.56. The van der Waals surface area contributed by atoms with E-state index in [4.69, 9.17) is 9.33 Å². The van der Waals surface area contributed by atoms with E-state index in [1.54, 1.807) is 0 Å². The molecule has 0 radical (unpaired) electrons. The van der Waals surface area contributed by atoms with Gasteiger partial charge in [-0.1, -0.05) is 0 Å². The Morgan fingerprint density at radius 3 is 2.17 bits per heavy atom. The molecule has 0 aromatic heterocycles. The minimum absolute atomic E-state index is 0.581. The van der Waals surface area contributed by atoms with E-state index >= 15 is 0 Å². The van der Waals surface area contributed by atoms with E-state index in [1.807, 2.05) is 6.92 Å². The predicted molar refractivity (Wildman–Crippen MR) is 29.0 cm³/mol. The summed E-state index contributed by atoms with van der Waals surface area (Å²) in [5.74, 6) is 0.581. The van der Waals surface area contributed by atoms with Gasteiger partial charge in [-0.2, -0.15) is 0 Å². The molecule has 0 spiro atoms. The van der Waals surface area contributed by atoms with Gasteiger partial charge in [-0.05, 0) is 0 Å². The van der Waals surface area contributed by atoms with Gasteiger partial charge in [0.25, 0.3) is 0 Å². The summed E-state index contributed by atoms with van der Waals surface area (Å²) in [7, 11) is 0. The molecule has 1 unspecified atom stereocenters. The van der Waals surface area contributed by atoms with Crippen molar-refractivity contribution < 1.29 is 4.55 Å². The number of rotatable bonds is 1. The predicted octanol–water partition coefficient (Wildman–Crippen LogP) is 0.479. The van der Waals surface area contributed by atoms with Crippen LogP contribution in [0.15, 0.2) is 0 Å². The van der Waals surface area contributed by atoms with Crippen molar-refractivity contribution in [1.82, 2.24) is 0 Å². The second-order valence-electron chi connectivity index (χ2n) is 0.929. The van der Waals surface area contributed by atoms with E-state index in [2.05, 4.69) is 0 Å². The van der Waals surface area contributed by atoms with E-state index < -0.39 is 6.81 Å². The monoisotopic (exact) mass is 223 g/mol. The van der Waals surface area contributed by atoms with Gasteiger partial charge in [0.15, 0.2) is 0 Å². The molecule has 0 aliphatic heterocycles. The Morgan fingerprint density at radius 1 is 2.00 bits per heavy atom. The van der Waals surface area contributed by atoms with Crippen LogP contribution in [0.3, 0.4) is 0 Å². The van der Waals surface area contributed by atoms with Crippen LogP contribution in [0.2, 0.25) is 0 Å². The van der Waals surface area contributed by atoms with E-state index in [0.717, 1.165) is 0 Å². The fourth-order valence-electron chi connectivity index (χ4n) is 0. The summed E-state index contributed by atoms with van der Waals surface area (Å²) in [6.45, 7) is -0.0917. The Kier molecular flexibility index (Phi) is 2.61. The summed E-state index contributed by atoms with van der Waals surface area (Å²) >= 11 is 1.48. The van der Waals surface area contributed by atoms with Gasteiger partial charge in [0.2, 0.25) is 0 Å². The van der Waals surface area contributed by atoms with Crippen LogP contribution in [0, 0.1) is 4.78 Å². The maximum atomic E-state index is 8.58. The van der Waals surface area contributed by atoms with Crippen LogP contribution in [-0.4, -0.2) is 30.7 Å². The molecule has 0 aliphatic rings. The molecule has 0 bridgehead atoms. The second-order valence-corrected chi connectivity index (χ2v) is 7.51. The summed E-state index contributed by atoms with van der Waals surface area (Å²) in [5.41, 5.74) is 0. The molecule has 0 saturated carbocycles. The first kappa shape index (κ1) is 6.90. The van der Waals surface area contributed by atoms with Gasteiger partial charge in [-0.15, -0.1) is 0 Å². The van der Waals surface area contributed by atoms with Crippen molar-refractivity contribution in [3.05, 3.63) is 0 Å².